The van der Waals surface area contributed by atoms with E-state index in [9.17, 15) is 0 Å². The summed E-state index contributed by atoms with van der Waals surface area (Å²) in [6, 6.07) is 27.2. The van der Waals surface area contributed by atoms with Crippen molar-refractivity contribution in [3.63, 3.8) is 0 Å². The maximum Gasteiger partial charge on any atom is 0.141 e. The molecule has 0 saturated carbocycles. The van der Waals surface area contributed by atoms with Crippen molar-refractivity contribution in [3.8, 4) is 11.4 Å². The van der Waals surface area contributed by atoms with Crippen LogP contribution < -0.4 is 0 Å². The molecule has 0 saturated heterocycles. The fraction of sp³-hybridized carbons (Fsp3) is 0.0455. The summed E-state index contributed by atoms with van der Waals surface area (Å²) < 4.78 is 2.27. The maximum atomic E-state index is 6.17. The van der Waals surface area contributed by atoms with Gasteiger partial charge in [-0.05, 0) is 28.8 Å². The molecule has 3 aromatic carbocycles. The van der Waals surface area contributed by atoms with Gasteiger partial charge in [-0.1, -0.05) is 78.3 Å². The summed E-state index contributed by atoms with van der Waals surface area (Å²) >= 11 is 6.17. The Balaban J connectivity index is 1.94. The minimum atomic E-state index is -0.436. The highest BCUT2D eigenvalue weighted by Gasteiger charge is 2.46. The van der Waals surface area contributed by atoms with Crippen molar-refractivity contribution in [3.05, 3.63) is 113 Å². The predicted molar refractivity (Wildman–Crippen MR) is 101 cm³/mol. The number of aromatic nitrogens is 2. The number of nitrogens with zero attached hydrogens (tertiary/aromatic N) is 2. The minimum absolute atomic E-state index is 0.436. The van der Waals surface area contributed by atoms with Crippen LogP contribution in [0.1, 0.15) is 16.7 Å². The van der Waals surface area contributed by atoms with Gasteiger partial charge in [0, 0.05) is 23.0 Å². The number of benzene rings is 3. The van der Waals surface area contributed by atoms with Crippen LogP contribution in [0.5, 0.6) is 0 Å². The highest BCUT2D eigenvalue weighted by molar-refractivity contribution is 6.30. The third kappa shape index (κ3) is 1.89. The van der Waals surface area contributed by atoms with Crippen molar-refractivity contribution < 1.29 is 0 Å². The van der Waals surface area contributed by atoms with Gasteiger partial charge in [0.05, 0.1) is 0 Å². The summed E-state index contributed by atoms with van der Waals surface area (Å²) in [4.78, 5) is 4.64. The quantitative estimate of drug-likeness (QED) is 0.422. The predicted octanol–water partition coefficient (Wildman–Crippen LogP) is 5.36. The summed E-state index contributed by atoms with van der Waals surface area (Å²) in [6.07, 6.45) is 3.94. The standard InChI is InChI=1S/C22H15ClN2/c23-18-12-10-17(11-13-18)22(16-6-2-1-3-7-16)20-9-5-4-8-19(20)21-24-14-15-25(21)22/h1-15H. The molecule has 4 aromatic rings. The van der Waals surface area contributed by atoms with Crippen molar-refractivity contribution in [2.45, 2.75) is 5.54 Å². The van der Waals surface area contributed by atoms with Gasteiger partial charge >= 0.3 is 0 Å². The fourth-order valence-corrected chi connectivity index (χ4v) is 4.15. The first-order valence-electron chi connectivity index (χ1n) is 8.27. The lowest BCUT2D eigenvalue weighted by Gasteiger charge is -2.34. The Kier molecular flexibility index (Phi) is 3.09. The highest BCUT2D eigenvalue weighted by atomic mass is 35.5. The van der Waals surface area contributed by atoms with Crippen LogP contribution in [0.25, 0.3) is 11.4 Å². The van der Waals surface area contributed by atoms with Gasteiger partial charge in [-0.15, -0.1) is 0 Å². The molecule has 2 heterocycles. The summed E-state index contributed by atoms with van der Waals surface area (Å²) in [5.74, 6) is 0.995. The minimum Gasteiger partial charge on any atom is -0.312 e. The maximum absolute atomic E-state index is 6.17. The molecular weight excluding hydrogens is 328 g/mol. The summed E-state index contributed by atoms with van der Waals surface area (Å²) in [5.41, 5.74) is 4.36. The number of imidazole rings is 1. The molecule has 0 amide bonds. The van der Waals surface area contributed by atoms with Gasteiger partial charge in [0.15, 0.2) is 0 Å². The van der Waals surface area contributed by atoms with E-state index >= 15 is 0 Å². The number of hydrogen-bond acceptors (Lipinski definition) is 1. The molecule has 120 valence electrons. The average molecular weight is 343 g/mol. The van der Waals surface area contributed by atoms with E-state index in [4.69, 9.17) is 11.6 Å². The molecule has 1 aromatic heterocycles. The van der Waals surface area contributed by atoms with Crippen molar-refractivity contribution in [1.29, 1.82) is 0 Å². The molecule has 0 aliphatic carbocycles. The van der Waals surface area contributed by atoms with Crippen LogP contribution in [0, 0.1) is 0 Å². The van der Waals surface area contributed by atoms with Crippen LogP contribution in [0.3, 0.4) is 0 Å². The second-order valence-electron chi connectivity index (χ2n) is 6.25. The van der Waals surface area contributed by atoms with Crippen LogP contribution in [0.4, 0.5) is 0 Å². The van der Waals surface area contributed by atoms with Crippen LogP contribution in [0.2, 0.25) is 5.02 Å². The Labute approximate surface area is 151 Å². The summed E-state index contributed by atoms with van der Waals surface area (Å²) in [6.45, 7) is 0. The number of rotatable bonds is 2. The first-order valence-corrected chi connectivity index (χ1v) is 8.65. The molecule has 0 bridgehead atoms. The van der Waals surface area contributed by atoms with Gasteiger partial charge in [0.25, 0.3) is 0 Å². The van der Waals surface area contributed by atoms with Gasteiger partial charge in [-0.2, -0.15) is 0 Å². The molecule has 1 unspecified atom stereocenters. The first-order chi connectivity index (χ1) is 12.3. The Morgan fingerprint density at radius 1 is 0.760 bits per heavy atom. The Bertz CT molecular complexity index is 1050. The lowest BCUT2D eigenvalue weighted by Crippen LogP contribution is -2.34. The second-order valence-corrected chi connectivity index (χ2v) is 6.69. The lowest BCUT2D eigenvalue weighted by molar-refractivity contribution is 0.544. The lowest BCUT2D eigenvalue weighted by atomic mass is 9.77. The topological polar surface area (TPSA) is 17.8 Å². The normalized spacial score (nSPS) is 18.0. The van der Waals surface area contributed by atoms with E-state index in [1.165, 1.54) is 22.3 Å². The third-order valence-corrected chi connectivity index (χ3v) is 5.27. The molecular formula is C22H15ClN2. The summed E-state index contributed by atoms with van der Waals surface area (Å²) in [7, 11) is 0. The monoisotopic (exact) mass is 342 g/mol. The van der Waals surface area contributed by atoms with E-state index in [1.807, 2.05) is 18.3 Å². The Morgan fingerprint density at radius 2 is 1.44 bits per heavy atom. The molecule has 3 heteroatoms. The third-order valence-electron chi connectivity index (χ3n) is 5.01. The van der Waals surface area contributed by atoms with E-state index in [0.717, 1.165) is 10.8 Å². The van der Waals surface area contributed by atoms with E-state index < -0.39 is 5.54 Å². The molecule has 25 heavy (non-hydrogen) atoms. The molecule has 1 aliphatic heterocycles. The van der Waals surface area contributed by atoms with Gasteiger partial charge in [0.2, 0.25) is 0 Å². The largest absolute Gasteiger partial charge is 0.312 e. The zero-order chi connectivity index (χ0) is 16.9. The molecule has 0 spiro atoms. The van der Waals surface area contributed by atoms with E-state index in [-0.39, 0.29) is 0 Å². The van der Waals surface area contributed by atoms with Crippen LogP contribution in [-0.2, 0) is 5.54 Å². The zero-order valence-corrected chi connectivity index (χ0v) is 14.2. The van der Waals surface area contributed by atoms with Gasteiger partial charge in [-0.3, -0.25) is 0 Å². The van der Waals surface area contributed by atoms with Crippen LogP contribution >= 0.6 is 11.6 Å². The molecule has 2 nitrogen and oxygen atoms in total. The highest BCUT2D eigenvalue weighted by Crippen LogP contribution is 2.50. The molecule has 0 N–H and O–H groups in total. The zero-order valence-electron chi connectivity index (χ0n) is 13.4. The molecule has 1 atom stereocenters. The Hall–Kier alpha value is -2.84. The van der Waals surface area contributed by atoms with E-state index in [2.05, 4.69) is 82.5 Å². The molecule has 0 radical (unpaired) electrons. The van der Waals surface area contributed by atoms with Gasteiger partial charge in [-0.25, -0.2) is 4.98 Å². The molecule has 0 fully saturated rings. The van der Waals surface area contributed by atoms with E-state index in [0.29, 0.717) is 0 Å². The van der Waals surface area contributed by atoms with E-state index in [1.54, 1.807) is 0 Å². The summed E-state index contributed by atoms with van der Waals surface area (Å²) in [5, 5.41) is 0.740. The number of fused-ring (bicyclic) bond motifs is 3. The van der Waals surface area contributed by atoms with Crippen LogP contribution in [-0.4, -0.2) is 9.55 Å². The number of hydrogen-bond donors (Lipinski definition) is 0. The van der Waals surface area contributed by atoms with Gasteiger partial charge in [0.1, 0.15) is 11.4 Å². The van der Waals surface area contributed by atoms with Gasteiger partial charge < -0.3 is 4.57 Å². The van der Waals surface area contributed by atoms with Crippen molar-refractivity contribution in [2.24, 2.45) is 0 Å². The number of halogens is 1. The smallest absolute Gasteiger partial charge is 0.141 e. The SMILES string of the molecule is Clc1ccc(C2(c3ccccc3)c3ccccc3-c3nccn32)cc1. The average Bonchev–Trinajstić information content (AvgIpc) is 3.24. The van der Waals surface area contributed by atoms with Crippen molar-refractivity contribution in [1.82, 2.24) is 9.55 Å². The molecule has 1 aliphatic rings. The Morgan fingerprint density at radius 3 is 2.24 bits per heavy atom. The van der Waals surface area contributed by atoms with Crippen molar-refractivity contribution >= 4 is 11.6 Å². The fourth-order valence-electron chi connectivity index (χ4n) is 4.02. The van der Waals surface area contributed by atoms with Crippen molar-refractivity contribution in [2.75, 3.05) is 0 Å². The van der Waals surface area contributed by atoms with Crippen LogP contribution in [0.15, 0.2) is 91.3 Å². The molecule has 5 rings (SSSR count). The second kappa shape index (κ2) is 5.33. The first kappa shape index (κ1) is 14.5.